The number of esters is 1. The molecule has 0 spiro atoms. The molecule has 0 amide bonds. The van der Waals surface area contributed by atoms with E-state index in [4.69, 9.17) is 31.6 Å². The number of halogens is 2. The van der Waals surface area contributed by atoms with Crippen LogP contribution in [0.3, 0.4) is 0 Å². The molecule has 0 saturated carbocycles. The second kappa shape index (κ2) is 4.85. The van der Waals surface area contributed by atoms with Crippen molar-refractivity contribution in [2.75, 3.05) is 19.5 Å². The topological polar surface area (TPSA) is 83.1 Å². The number of fused-ring (bicyclic) bond motifs is 1. The smallest absolute Gasteiger partial charge is 0.356 e. The van der Waals surface area contributed by atoms with Gasteiger partial charge in [-0.15, -0.1) is 0 Å². The van der Waals surface area contributed by atoms with Gasteiger partial charge >= 0.3 is 5.97 Å². The third kappa shape index (κ3) is 1.96. The number of methoxy groups -OCH3 is 1. The summed E-state index contributed by atoms with van der Waals surface area (Å²) in [4.78, 5) is 17.3. The standard InChI is InChI=1S/C13H12ClFN2O4/c1-19-12(18)13-2-3-20-11(13)10(17-21-13)6-4-9(16)8(15)5-7(6)14/h4-5,11H,2-3,16H2,1H3. The average Bonchev–Trinajstić information content (AvgIpc) is 3.01. The van der Waals surface area contributed by atoms with Crippen LogP contribution in [0, 0.1) is 5.82 Å². The second-order valence-electron chi connectivity index (χ2n) is 4.80. The Labute approximate surface area is 124 Å². The average molecular weight is 315 g/mol. The van der Waals surface area contributed by atoms with Gasteiger partial charge in [0.15, 0.2) is 6.10 Å². The van der Waals surface area contributed by atoms with Gasteiger partial charge in [-0.2, -0.15) is 0 Å². The summed E-state index contributed by atoms with van der Waals surface area (Å²) in [6.07, 6.45) is -0.446. The molecule has 2 aliphatic rings. The zero-order valence-electron chi connectivity index (χ0n) is 11.1. The lowest BCUT2D eigenvalue weighted by atomic mass is 9.90. The maximum absolute atomic E-state index is 13.4. The van der Waals surface area contributed by atoms with Gasteiger partial charge in [0, 0.05) is 12.0 Å². The number of carbonyl (C=O) groups excluding carboxylic acids is 1. The number of rotatable bonds is 2. The molecule has 21 heavy (non-hydrogen) atoms. The van der Waals surface area contributed by atoms with E-state index in [1.54, 1.807) is 0 Å². The molecule has 1 fully saturated rings. The molecule has 0 radical (unpaired) electrons. The minimum Gasteiger partial charge on any atom is -0.466 e. The van der Waals surface area contributed by atoms with E-state index in [9.17, 15) is 9.18 Å². The predicted molar refractivity (Wildman–Crippen MR) is 72.5 cm³/mol. The summed E-state index contributed by atoms with van der Waals surface area (Å²) in [5.41, 5.74) is 4.83. The minimum absolute atomic E-state index is 0.0781. The molecule has 6 nitrogen and oxygen atoms in total. The summed E-state index contributed by atoms with van der Waals surface area (Å²) in [6.45, 7) is 0.313. The highest BCUT2D eigenvalue weighted by Crippen LogP contribution is 2.40. The molecule has 112 valence electrons. The highest BCUT2D eigenvalue weighted by molar-refractivity contribution is 6.35. The fraction of sp³-hybridized carbons (Fsp3) is 0.385. The number of anilines is 1. The Balaban J connectivity index is 2.02. The van der Waals surface area contributed by atoms with Gasteiger partial charge in [0.25, 0.3) is 5.60 Å². The summed E-state index contributed by atoms with van der Waals surface area (Å²) >= 11 is 6.03. The van der Waals surface area contributed by atoms with Crippen LogP contribution in [-0.4, -0.2) is 37.1 Å². The van der Waals surface area contributed by atoms with E-state index in [-0.39, 0.29) is 10.7 Å². The number of hydrogen-bond donors (Lipinski definition) is 1. The third-order valence-electron chi connectivity index (χ3n) is 3.63. The van der Waals surface area contributed by atoms with Gasteiger partial charge in [0.1, 0.15) is 11.5 Å². The fourth-order valence-corrected chi connectivity index (χ4v) is 2.78. The van der Waals surface area contributed by atoms with Crippen LogP contribution in [0.2, 0.25) is 5.02 Å². The number of nitrogens with zero attached hydrogens (tertiary/aromatic N) is 1. The first-order valence-electron chi connectivity index (χ1n) is 6.20. The Morgan fingerprint density at radius 2 is 2.38 bits per heavy atom. The predicted octanol–water partition coefficient (Wildman–Crippen LogP) is 1.50. The van der Waals surface area contributed by atoms with E-state index in [2.05, 4.69) is 5.16 Å². The summed E-state index contributed by atoms with van der Waals surface area (Å²) in [7, 11) is 1.26. The van der Waals surface area contributed by atoms with Gasteiger partial charge in [0.05, 0.1) is 24.4 Å². The monoisotopic (exact) mass is 314 g/mol. The Morgan fingerprint density at radius 3 is 3.10 bits per heavy atom. The molecular weight excluding hydrogens is 303 g/mol. The summed E-state index contributed by atoms with van der Waals surface area (Å²) < 4.78 is 23.7. The molecule has 0 aromatic heterocycles. The Bertz CT molecular complexity index is 651. The van der Waals surface area contributed by atoms with Gasteiger partial charge in [-0.25, -0.2) is 9.18 Å². The van der Waals surface area contributed by atoms with Crippen molar-refractivity contribution in [3.05, 3.63) is 28.5 Å². The maximum Gasteiger partial charge on any atom is 0.356 e. The molecule has 2 unspecified atom stereocenters. The van der Waals surface area contributed by atoms with E-state index in [1.807, 2.05) is 0 Å². The minimum atomic E-state index is -1.31. The van der Waals surface area contributed by atoms with Gasteiger partial charge in [-0.3, -0.25) is 0 Å². The lowest BCUT2D eigenvalue weighted by Crippen LogP contribution is -2.48. The van der Waals surface area contributed by atoms with Crippen LogP contribution in [0.1, 0.15) is 12.0 Å². The normalized spacial score (nSPS) is 27.0. The zero-order valence-corrected chi connectivity index (χ0v) is 11.8. The van der Waals surface area contributed by atoms with Crippen LogP contribution >= 0.6 is 11.6 Å². The van der Waals surface area contributed by atoms with Crippen LogP contribution in [-0.2, 0) is 19.1 Å². The molecule has 0 aliphatic carbocycles. The molecular formula is C13H12ClFN2O4. The van der Waals surface area contributed by atoms with Crippen LogP contribution in [0.25, 0.3) is 0 Å². The SMILES string of the molecule is COC(=O)C12CCOC1C(c1cc(N)c(F)cc1Cl)=NO2. The van der Waals surface area contributed by atoms with Crippen molar-refractivity contribution in [2.45, 2.75) is 18.1 Å². The van der Waals surface area contributed by atoms with Crippen molar-refractivity contribution in [3.63, 3.8) is 0 Å². The number of hydrogen-bond acceptors (Lipinski definition) is 6. The lowest BCUT2D eigenvalue weighted by Gasteiger charge is -2.22. The molecule has 2 atom stereocenters. The van der Waals surface area contributed by atoms with Gasteiger partial charge in [-0.05, 0) is 12.1 Å². The van der Waals surface area contributed by atoms with E-state index in [1.165, 1.54) is 13.2 Å². The van der Waals surface area contributed by atoms with Crippen LogP contribution in [0.15, 0.2) is 17.3 Å². The quantitative estimate of drug-likeness (QED) is 0.660. The maximum atomic E-state index is 13.4. The summed E-state index contributed by atoms with van der Waals surface area (Å²) in [5, 5.41) is 4.00. The zero-order chi connectivity index (χ0) is 15.2. The highest BCUT2D eigenvalue weighted by Gasteiger charge is 2.60. The Hall–Kier alpha value is -1.86. The molecule has 1 aromatic rings. The van der Waals surface area contributed by atoms with Crippen molar-refractivity contribution in [3.8, 4) is 0 Å². The molecule has 1 aromatic carbocycles. The first-order valence-corrected chi connectivity index (χ1v) is 6.58. The summed E-state index contributed by atoms with van der Waals surface area (Å²) in [5.74, 6) is -1.20. The first-order chi connectivity index (χ1) is 9.99. The van der Waals surface area contributed by atoms with Gasteiger partial charge in [0.2, 0.25) is 0 Å². The second-order valence-corrected chi connectivity index (χ2v) is 5.21. The molecule has 3 rings (SSSR count). The van der Waals surface area contributed by atoms with E-state index < -0.39 is 23.5 Å². The van der Waals surface area contributed by atoms with Crippen molar-refractivity contribution in [1.82, 2.24) is 0 Å². The number of nitrogens with two attached hydrogens (primary N) is 1. The Kier molecular flexibility index (Phi) is 3.26. The third-order valence-corrected chi connectivity index (χ3v) is 3.94. The summed E-state index contributed by atoms with van der Waals surface area (Å²) in [6, 6.07) is 2.43. The van der Waals surface area contributed by atoms with Crippen LogP contribution in [0.5, 0.6) is 0 Å². The first kappa shape index (κ1) is 14.1. The number of ether oxygens (including phenoxy) is 2. The molecule has 2 aliphatic heterocycles. The molecule has 2 N–H and O–H groups in total. The molecule has 8 heteroatoms. The van der Waals surface area contributed by atoms with E-state index in [0.29, 0.717) is 24.3 Å². The van der Waals surface area contributed by atoms with E-state index >= 15 is 0 Å². The van der Waals surface area contributed by atoms with Gasteiger partial charge in [-0.1, -0.05) is 16.8 Å². The fourth-order valence-electron chi connectivity index (χ4n) is 2.54. The molecule has 2 heterocycles. The number of oxime groups is 1. The van der Waals surface area contributed by atoms with Gasteiger partial charge < -0.3 is 20.0 Å². The Morgan fingerprint density at radius 1 is 1.62 bits per heavy atom. The lowest BCUT2D eigenvalue weighted by molar-refractivity contribution is -0.169. The van der Waals surface area contributed by atoms with Crippen LogP contribution in [0.4, 0.5) is 10.1 Å². The molecule has 1 saturated heterocycles. The van der Waals surface area contributed by atoms with Crippen molar-refractivity contribution >= 4 is 29.0 Å². The largest absolute Gasteiger partial charge is 0.466 e. The van der Waals surface area contributed by atoms with Crippen molar-refractivity contribution in [2.24, 2.45) is 5.16 Å². The number of carbonyl (C=O) groups is 1. The number of nitrogen functional groups attached to an aromatic ring is 1. The highest BCUT2D eigenvalue weighted by atomic mass is 35.5. The molecule has 0 bridgehead atoms. The van der Waals surface area contributed by atoms with Crippen molar-refractivity contribution < 1.29 is 23.5 Å². The van der Waals surface area contributed by atoms with E-state index in [0.717, 1.165) is 6.07 Å². The number of benzene rings is 1. The van der Waals surface area contributed by atoms with Crippen LogP contribution < -0.4 is 5.73 Å². The van der Waals surface area contributed by atoms with Crippen molar-refractivity contribution in [1.29, 1.82) is 0 Å².